The molecule has 6 heteroatoms. The fourth-order valence-corrected chi connectivity index (χ4v) is 1.93. The van der Waals surface area contributed by atoms with Gasteiger partial charge in [0.05, 0.1) is 11.4 Å². The SMILES string of the molecule is Cc1cc(C)n(C(=N)/C(C#N)=N/N(C)c2ccccc2)n1. The van der Waals surface area contributed by atoms with E-state index < -0.39 is 0 Å². The first-order valence-electron chi connectivity index (χ1n) is 6.43. The summed E-state index contributed by atoms with van der Waals surface area (Å²) in [6.45, 7) is 3.68. The average Bonchev–Trinajstić information content (AvgIpc) is 2.83. The van der Waals surface area contributed by atoms with Crippen molar-refractivity contribution in [2.45, 2.75) is 13.8 Å². The highest BCUT2D eigenvalue weighted by Crippen LogP contribution is 2.11. The Morgan fingerprint density at radius 1 is 1.33 bits per heavy atom. The highest BCUT2D eigenvalue weighted by Gasteiger charge is 2.14. The van der Waals surface area contributed by atoms with E-state index in [1.54, 1.807) is 12.1 Å². The van der Waals surface area contributed by atoms with E-state index in [-0.39, 0.29) is 11.5 Å². The van der Waals surface area contributed by atoms with Crippen LogP contribution in [0.3, 0.4) is 0 Å². The van der Waals surface area contributed by atoms with Gasteiger partial charge in [-0.25, -0.2) is 4.68 Å². The fourth-order valence-electron chi connectivity index (χ4n) is 1.93. The Hall–Kier alpha value is -2.94. The molecule has 2 rings (SSSR count). The Balaban J connectivity index is 2.32. The smallest absolute Gasteiger partial charge is 0.204 e. The standard InChI is InChI=1S/C15H16N6/c1-11-9-12(2)21(18-11)15(17)14(10-16)19-20(3)13-7-5-4-6-8-13/h4-9,17H,1-3H3/b17-15?,19-14+. The molecule has 2 aromatic rings. The van der Waals surface area contributed by atoms with Gasteiger partial charge in [0.25, 0.3) is 0 Å². The van der Waals surface area contributed by atoms with Crippen LogP contribution in [0.4, 0.5) is 5.69 Å². The van der Waals surface area contributed by atoms with Gasteiger partial charge in [-0.2, -0.15) is 15.5 Å². The lowest BCUT2D eigenvalue weighted by Crippen LogP contribution is -2.26. The van der Waals surface area contributed by atoms with Gasteiger partial charge in [-0.3, -0.25) is 10.4 Å². The summed E-state index contributed by atoms with van der Waals surface area (Å²) >= 11 is 0. The summed E-state index contributed by atoms with van der Waals surface area (Å²) in [6.07, 6.45) is 0. The molecule has 106 valence electrons. The summed E-state index contributed by atoms with van der Waals surface area (Å²) in [6, 6.07) is 13.3. The number of rotatable bonds is 3. The van der Waals surface area contributed by atoms with Gasteiger partial charge >= 0.3 is 0 Å². The number of hydrogen-bond donors (Lipinski definition) is 1. The molecular formula is C15H16N6. The van der Waals surface area contributed by atoms with Crippen LogP contribution >= 0.6 is 0 Å². The van der Waals surface area contributed by atoms with Crippen molar-refractivity contribution < 1.29 is 0 Å². The minimum Gasteiger partial charge on any atom is -0.280 e. The van der Waals surface area contributed by atoms with Crippen LogP contribution in [0.1, 0.15) is 11.4 Å². The van der Waals surface area contributed by atoms with E-state index in [0.717, 1.165) is 17.1 Å². The molecule has 0 unspecified atom stereocenters. The molecule has 1 aromatic carbocycles. The maximum atomic E-state index is 9.26. The molecule has 1 aromatic heterocycles. The third-order valence-corrected chi connectivity index (χ3v) is 2.93. The van der Waals surface area contributed by atoms with Crippen LogP contribution in [0.2, 0.25) is 0 Å². The van der Waals surface area contributed by atoms with Gasteiger partial charge in [0.1, 0.15) is 6.07 Å². The Bertz CT molecular complexity index is 720. The van der Waals surface area contributed by atoms with Crippen LogP contribution in [0.5, 0.6) is 0 Å². The largest absolute Gasteiger partial charge is 0.280 e. The highest BCUT2D eigenvalue weighted by atomic mass is 15.4. The third-order valence-electron chi connectivity index (χ3n) is 2.93. The second kappa shape index (κ2) is 6.01. The molecule has 0 saturated carbocycles. The Morgan fingerprint density at radius 3 is 2.52 bits per heavy atom. The molecule has 0 atom stereocenters. The molecule has 0 aliphatic carbocycles. The Kier molecular flexibility index (Phi) is 4.14. The van der Waals surface area contributed by atoms with Gasteiger partial charge in [-0.1, -0.05) is 18.2 Å². The number of nitriles is 1. The molecule has 0 amide bonds. The van der Waals surface area contributed by atoms with E-state index in [1.165, 1.54) is 4.68 Å². The van der Waals surface area contributed by atoms with Gasteiger partial charge in [0.15, 0.2) is 5.84 Å². The molecule has 0 spiro atoms. The lowest BCUT2D eigenvalue weighted by molar-refractivity contribution is 0.881. The van der Waals surface area contributed by atoms with Crippen LogP contribution in [-0.2, 0) is 0 Å². The lowest BCUT2D eigenvalue weighted by Gasteiger charge is -2.14. The number of nitrogens with one attached hydrogen (secondary N) is 1. The zero-order chi connectivity index (χ0) is 15.4. The van der Waals surface area contributed by atoms with Gasteiger partial charge in [0.2, 0.25) is 5.71 Å². The quantitative estimate of drug-likeness (QED) is 0.532. The number of hydrazone groups is 1. The monoisotopic (exact) mass is 280 g/mol. The predicted octanol–water partition coefficient (Wildman–Crippen LogP) is 2.34. The molecule has 0 saturated heterocycles. The second-order valence-electron chi connectivity index (χ2n) is 4.61. The van der Waals surface area contributed by atoms with E-state index in [1.807, 2.05) is 56.3 Å². The summed E-state index contributed by atoms with van der Waals surface area (Å²) in [4.78, 5) is 0. The first kappa shape index (κ1) is 14.5. The maximum Gasteiger partial charge on any atom is 0.204 e. The third kappa shape index (κ3) is 3.15. The summed E-state index contributed by atoms with van der Waals surface area (Å²) < 4.78 is 1.41. The van der Waals surface area contributed by atoms with Crippen LogP contribution < -0.4 is 5.01 Å². The van der Waals surface area contributed by atoms with E-state index in [0.29, 0.717) is 0 Å². The van der Waals surface area contributed by atoms with Gasteiger partial charge in [0, 0.05) is 12.7 Å². The van der Waals surface area contributed by atoms with Crippen molar-refractivity contribution >= 4 is 17.2 Å². The normalized spacial score (nSPS) is 11.0. The molecular weight excluding hydrogens is 264 g/mol. The minimum atomic E-state index is -0.0362. The van der Waals surface area contributed by atoms with Crippen LogP contribution in [0.15, 0.2) is 41.5 Å². The van der Waals surface area contributed by atoms with Gasteiger partial charge in [-0.05, 0) is 32.0 Å². The average molecular weight is 280 g/mol. The Morgan fingerprint density at radius 2 is 2.00 bits per heavy atom. The van der Waals surface area contributed by atoms with Crippen molar-refractivity contribution in [3.8, 4) is 6.07 Å². The molecule has 1 N–H and O–H groups in total. The van der Waals surface area contributed by atoms with Crippen molar-refractivity contribution in [3.05, 3.63) is 47.8 Å². The van der Waals surface area contributed by atoms with Crippen molar-refractivity contribution in [1.29, 1.82) is 10.7 Å². The van der Waals surface area contributed by atoms with E-state index in [2.05, 4.69) is 10.2 Å². The molecule has 0 aliphatic rings. The van der Waals surface area contributed by atoms with Gasteiger partial charge in [-0.15, -0.1) is 0 Å². The predicted molar refractivity (Wildman–Crippen MR) is 82.7 cm³/mol. The number of nitrogens with zero attached hydrogens (tertiary/aromatic N) is 5. The Labute approximate surface area is 123 Å². The minimum absolute atomic E-state index is 0.00699. The number of aryl methyl sites for hydroxylation is 2. The summed E-state index contributed by atoms with van der Waals surface area (Å²) in [7, 11) is 1.74. The highest BCUT2D eigenvalue weighted by molar-refractivity contribution is 6.46. The number of para-hydroxylation sites is 1. The summed E-state index contributed by atoms with van der Waals surface area (Å²) in [5.41, 5.74) is 2.44. The topological polar surface area (TPSA) is 81.1 Å². The van der Waals surface area contributed by atoms with E-state index >= 15 is 0 Å². The molecule has 1 heterocycles. The zero-order valence-corrected chi connectivity index (χ0v) is 12.2. The van der Waals surface area contributed by atoms with Crippen molar-refractivity contribution in [3.63, 3.8) is 0 Å². The number of aromatic nitrogens is 2. The maximum absolute atomic E-state index is 9.26. The van der Waals surface area contributed by atoms with E-state index in [4.69, 9.17) is 5.41 Å². The lowest BCUT2D eigenvalue weighted by atomic mass is 10.3. The van der Waals surface area contributed by atoms with Crippen molar-refractivity contribution in [1.82, 2.24) is 9.78 Å². The molecule has 0 aliphatic heterocycles. The number of hydrogen-bond acceptors (Lipinski definition) is 5. The molecule has 6 nitrogen and oxygen atoms in total. The summed E-state index contributed by atoms with van der Waals surface area (Å²) in [5.74, 6) is -0.0362. The summed E-state index contributed by atoms with van der Waals surface area (Å²) in [5, 5.41) is 27.3. The first-order chi connectivity index (χ1) is 10.0. The van der Waals surface area contributed by atoms with Crippen molar-refractivity contribution in [2.75, 3.05) is 12.1 Å². The molecule has 0 radical (unpaired) electrons. The zero-order valence-electron chi connectivity index (χ0n) is 12.2. The van der Waals surface area contributed by atoms with Crippen LogP contribution in [-0.4, -0.2) is 28.4 Å². The van der Waals surface area contributed by atoms with Crippen LogP contribution in [0.25, 0.3) is 0 Å². The fraction of sp³-hybridized carbons (Fsp3) is 0.200. The van der Waals surface area contributed by atoms with Gasteiger partial charge < -0.3 is 0 Å². The molecule has 21 heavy (non-hydrogen) atoms. The number of anilines is 1. The second-order valence-corrected chi connectivity index (χ2v) is 4.61. The molecule has 0 fully saturated rings. The van der Waals surface area contributed by atoms with Crippen molar-refractivity contribution in [2.24, 2.45) is 5.10 Å². The first-order valence-corrected chi connectivity index (χ1v) is 6.43. The molecule has 0 bridgehead atoms. The van der Waals surface area contributed by atoms with Crippen LogP contribution in [0, 0.1) is 30.6 Å². The van der Waals surface area contributed by atoms with E-state index in [9.17, 15) is 5.26 Å². The number of benzene rings is 1.